The average molecular weight is 315 g/mol. The fourth-order valence-electron chi connectivity index (χ4n) is 2.17. The van der Waals surface area contributed by atoms with Crippen molar-refractivity contribution in [3.05, 3.63) is 28.2 Å². The summed E-state index contributed by atoms with van der Waals surface area (Å²) in [6.07, 6.45) is 6.27. The molecule has 0 radical (unpaired) electrons. The first-order valence-corrected chi connectivity index (χ1v) is 7.54. The fourth-order valence-corrected chi connectivity index (χ4v) is 4.24. The highest BCUT2D eigenvalue weighted by molar-refractivity contribution is 9.10. The quantitative estimate of drug-likeness (QED) is 0.887. The molecule has 0 heterocycles. The molecule has 1 N–H and O–H groups in total. The largest absolute Gasteiger partial charge is 0.478 e. The van der Waals surface area contributed by atoms with E-state index in [0.717, 1.165) is 4.90 Å². The molecule has 1 aromatic carbocycles. The Morgan fingerprint density at radius 3 is 2.65 bits per heavy atom. The average Bonchev–Trinajstić information content (AvgIpc) is 2.30. The SMILES string of the molecule is O=C(O)c1c(Br)cccc1SC1CCCCC1. The number of thioether (sulfide) groups is 1. The van der Waals surface area contributed by atoms with Crippen LogP contribution in [0.1, 0.15) is 42.5 Å². The van der Waals surface area contributed by atoms with Gasteiger partial charge in [0.25, 0.3) is 0 Å². The van der Waals surface area contributed by atoms with E-state index in [1.54, 1.807) is 17.8 Å². The van der Waals surface area contributed by atoms with Crippen LogP contribution < -0.4 is 0 Å². The van der Waals surface area contributed by atoms with Gasteiger partial charge in [-0.3, -0.25) is 0 Å². The molecule has 0 amide bonds. The molecule has 1 aromatic rings. The highest BCUT2D eigenvalue weighted by Crippen LogP contribution is 2.37. The van der Waals surface area contributed by atoms with Crippen LogP contribution in [0.3, 0.4) is 0 Å². The number of hydrogen-bond acceptors (Lipinski definition) is 2. The van der Waals surface area contributed by atoms with Gasteiger partial charge in [-0.15, -0.1) is 11.8 Å². The molecule has 2 nitrogen and oxygen atoms in total. The molecule has 0 saturated heterocycles. The Labute approximate surface area is 114 Å². The Morgan fingerprint density at radius 1 is 1.29 bits per heavy atom. The third-order valence-corrected chi connectivity index (χ3v) is 5.09. The molecule has 0 aliphatic heterocycles. The van der Waals surface area contributed by atoms with Crippen molar-refractivity contribution < 1.29 is 9.90 Å². The monoisotopic (exact) mass is 314 g/mol. The zero-order chi connectivity index (χ0) is 12.3. The van der Waals surface area contributed by atoms with E-state index >= 15 is 0 Å². The fraction of sp³-hybridized carbons (Fsp3) is 0.462. The normalized spacial score (nSPS) is 17.0. The summed E-state index contributed by atoms with van der Waals surface area (Å²) in [6.45, 7) is 0. The Bertz CT molecular complexity index is 414. The van der Waals surface area contributed by atoms with E-state index in [1.807, 2.05) is 12.1 Å². The number of benzene rings is 1. The van der Waals surface area contributed by atoms with Crippen LogP contribution in [0, 0.1) is 0 Å². The molecule has 17 heavy (non-hydrogen) atoms. The van der Waals surface area contributed by atoms with Crippen molar-refractivity contribution in [2.24, 2.45) is 0 Å². The maximum Gasteiger partial charge on any atom is 0.337 e. The lowest BCUT2D eigenvalue weighted by Crippen LogP contribution is -2.09. The molecule has 0 spiro atoms. The van der Waals surface area contributed by atoms with Crippen LogP contribution >= 0.6 is 27.7 Å². The number of hydrogen-bond donors (Lipinski definition) is 1. The number of rotatable bonds is 3. The summed E-state index contributed by atoms with van der Waals surface area (Å²) in [5, 5.41) is 9.81. The van der Waals surface area contributed by atoms with Crippen LogP contribution in [0.5, 0.6) is 0 Å². The van der Waals surface area contributed by atoms with E-state index < -0.39 is 5.97 Å². The van der Waals surface area contributed by atoms with Crippen molar-refractivity contribution in [2.45, 2.75) is 42.2 Å². The molecule has 0 unspecified atom stereocenters. The van der Waals surface area contributed by atoms with Crippen molar-refractivity contribution in [1.29, 1.82) is 0 Å². The molecule has 1 aliphatic carbocycles. The first-order chi connectivity index (χ1) is 8.18. The maximum atomic E-state index is 11.2. The van der Waals surface area contributed by atoms with E-state index in [9.17, 15) is 9.90 Å². The van der Waals surface area contributed by atoms with Crippen LogP contribution in [-0.2, 0) is 0 Å². The summed E-state index contributed by atoms with van der Waals surface area (Å²) >= 11 is 5.04. The Hall–Kier alpha value is -0.480. The molecule has 0 atom stereocenters. The molecule has 1 fully saturated rings. The van der Waals surface area contributed by atoms with E-state index in [2.05, 4.69) is 15.9 Å². The topological polar surface area (TPSA) is 37.3 Å². The van der Waals surface area contributed by atoms with Crippen molar-refractivity contribution in [2.75, 3.05) is 0 Å². The molecule has 1 aliphatic rings. The van der Waals surface area contributed by atoms with Crippen molar-refractivity contribution in [3.63, 3.8) is 0 Å². The minimum Gasteiger partial charge on any atom is -0.478 e. The summed E-state index contributed by atoms with van der Waals surface area (Å²) in [7, 11) is 0. The van der Waals surface area contributed by atoms with Crippen molar-refractivity contribution in [1.82, 2.24) is 0 Å². The predicted molar refractivity (Wildman–Crippen MR) is 73.8 cm³/mol. The van der Waals surface area contributed by atoms with Gasteiger partial charge in [0.05, 0.1) is 5.56 Å². The molecular formula is C13H15BrO2S. The summed E-state index contributed by atoms with van der Waals surface area (Å²) in [6, 6.07) is 5.60. The third-order valence-electron chi connectivity index (χ3n) is 3.04. The van der Waals surface area contributed by atoms with Crippen LogP contribution in [-0.4, -0.2) is 16.3 Å². The summed E-state index contributed by atoms with van der Waals surface area (Å²) < 4.78 is 0.672. The standard InChI is InChI=1S/C13H15BrO2S/c14-10-7-4-8-11(12(10)13(15)16)17-9-5-2-1-3-6-9/h4,7-9H,1-3,5-6H2,(H,15,16). The van der Waals surface area contributed by atoms with Gasteiger partial charge in [-0.1, -0.05) is 25.3 Å². The Balaban J connectivity index is 2.19. The van der Waals surface area contributed by atoms with Gasteiger partial charge in [0.15, 0.2) is 0 Å². The second-order valence-electron chi connectivity index (χ2n) is 4.30. The zero-order valence-corrected chi connectivity index (χ0v) is 11.9. The van der Waals surface area contributed by atoms with Crippen LogP contribution in [0.25, 0.3) is 0 Å². The van der Waals surface area contributed by atoms with Crippen molar-refractivity contribution >= 4 is 33.7 Å². The van der Waals surface area contributed by atoms with Crippen LogP contribution in [0.15, 0.2) is 27.6 Å². The first kappa shape index (κ1) is 13.0. The smallest absolute Gasteiger partial charge is 0.337 e. The van der Waals surface area contributed by atoms with Crippen LogP contribution in [0.2, 0.25) is 0 Å². The number of halogens is 1. The van der Waals surface area contributed by atoms with E-state index in [-0.39, 0.29) is 0 Å². The lowest BCUT2D eigenvalue weighted by molar-refractivity contribution is 0.0692. The highest BCUT2D eigenvalue weighted by atomic mass is 79.9. The maximum absolute atomic E-state index is 11.2. The van der Waals surface area contributed by atoms with Gasteiger partial charge in [-0.25, -0.2) is 4.79 Å². The number of carboxylic acid groups (broad SMARTS) is 1. The second-order valence-corrected chi connectivity index (χ2v) is 6.49. The van der Waals surface area contributed by atoms with E-state index in [0.29, 0.717) is 15.3 Å². The molecule has 0 aromatic heterocycles. The summed E-state index contributed by atoms with van der Waals surface area (Å²) in [5.41, 5.74) is 0.406. The van der Waals surface area contributed by atoms with Gasteiger partial charge in [-0.05, 0) is 40.9 Å². The van der Waals surface area contributed by atoms with Gasteiger partial charge in [0, 0.05) is 14.6 Å². The molecule has 0 bridgehead atoms. The van der Waals surface area contributed by atoms with Gasteiger partial charge in [-0.2, -0.15) is 0 Å². The molecule has 92 valence electrons. The minimum atomic E-state index is -0.851. The van der Waals surface area contributed by atoms with Crippen LogP contribution in [0.4, 0.5) is 0 Å². The second kappa shape index (κ2) is 5.91. The van der Waals surface area contributed by atoms with E-state index in [1.165, 1.54) is 32.1 Å². The highest BCUT2D eigenvalue weighted by Gasteiger charge is 2.19. The molecule has 1 saturated carbocycles. The van der Waals surface area contributed by atoms with E-state index in [4.69, 9.17) is 0 Å². The molecule has 2 rings (SSSR count). The lowest BCUT2D eigenvalue weighted by atomic mass is 10.0. The summed E-state index contributed by atoms with van der Waals surface area (Å²) in [4.78, 5) is 12.1. The minimum absolute atomic E-state index is 0.406. The Kier molecular flexibility index (Phi) is 4.51. The number of carbonyl (C=O) groups is 1. The van der Waals surface area contributed by atoms with Gasteiger partial charge >= 0.3 is 5.97 Å². The third kappa shape index (κ3) is 3.26. The number of carboxylic acids is 1. The zero-order valence-electron chi connectivity index (χ0n) is 9.49. The lowest BCUT2D eigenvalue weighted by Gasteiger charge is -2.21. The van der Waals surface area contributed by atoms with Gasteiger partial charge < -0.3 is 5.11 Å². The van der Waals surface area contributed by atoms with Gasteiger partial charge in [0.2, 0.25) is 0 Å². The molecule has 4 heteroatoms. The predicted octanol–water partition coefficient (Wildman–Crippen LogP) is 4.57. The first-order valence-electron chi connectivity index (χ1n) is 5.87. The summed E-state index contributed by atoms with van der Waals surface area (Å²) in [5.74, 6) is -0.851. The Morgan fingerprint density at radius 2 is 2.00 bits per heavy atom. The molecular weight excluding hydrogens is 300 g/mol. The van der Waals surface area contributed by atoms with Crippen molar-refractivity contribution in [3.8, 4) is 0 Å². The number of aromatic carboxylic acids is 1. The van der Waals surface area contributed by atoms with Gasteiger partial charge in [0.1, 0.15) is 0 Å².